The Morgan fingerprint density at radius 2 is 1.02 bits per heavy atom. The van der Waals surface area contributed by atoms with Crippen LogP contribution >= 0.6 is 0 Å². The minimum Gasteiger partial charge on any atom is -0.444 e. The molecule has 13 nitrogen and oxygen atoms in total. The van der Waals surface area contributed by atoms with Gasteiger partial charge in [0.1, 0.15) is 29.8 Å². The molecule has 0 aromatic heterocycles. The molecule has 6 amide bonds. The van der Waals surface area contributed by atoms with Gasteiger partial charge in [-0.25, -0.2) is 4.79 Å². The summed E-state index contributed by atoms with van der Waals surface area (Å²) in [7, 11) is 0. The molecule has 0 aliphatic heterocycles. The third-order valence-electron chi connectivity index (χ3n) is 9.05. The van der Waals surface area contributed by atoms with Crippen molar-refractivity contribution in [3.8, 4) is 0 Å². The summed E-state index contributed by atoms with van der Waals surface area (Å²) >= 11 is 0. The van der Waals surface area contributed by atoms with Crippen LogP contribution in [0.25, 0.3) is 0 Å². The highest BCUT2D eigenvalue weighted by molar-refractivity contribution is 5.93. The normalized spacial score (nSPS) is 15.2. The van der Waals surface area contributed by atoms with E-state index in [1.165, 1.54) is 0 Å². The first-order valence-corrected chi connectivity index (χ1v) is 19.5. The first kappa shape index (κ1) is 47.9. The highest BCUT2D eigenvalue weighted by atomic mass is 16.6. The number of hydrogen-bond acceptors (Lipinski definition) is 7. The van der Waals surface area contributed by atoms with E-state index in [0.29, 0.717) is 25.7 Å². The smallest absolute Gasteiger partial charge is 0.408 e. The summed E-state index contributed by atoms with van der Waals surface area (Å²) in [5.74, 6) is -3.71. The van der Waals surface area contributed by atoms with Gasteiger partial charge in [-0.1, -0.05) is 99.6 Å². The van der Waals surface area contributed by atoms with Gasteiger partial charge in [0, 0.05) is 12.0 Å². The van der Waals surface area contributed by atoms with Gasteiger partial charge in [0.25, 0.3) is 0 Å². The Hall–Kier alpha value is -4.16. The largest absolute Gasteiger partial charge is 0.444 e. The molecule has 1 rings (SSSR count). The van der Waals surface area contributed by atoms with Crippen LogP contribution in [0, 0.1) is 35.5 Å². The standard InChI is InChI=1S/C41H70N6O7/c1-23(2)21-30(43-37(50)32(25(5)6)46-39(52)34(27(9)10)47-40(53)54-41(11,12)13)20-19-29(22-28-17-15-14-16-18-28)36(49)45-33(26(7)8)38(51)44-31(24(3)4)35(42)48/h14-18,23-27,29-34H,19-22H2,1-13H3,(H2,42,48)(H,43,50)(H,44,51)(H,45,49)(H,46,52)(H,47,53)/t29-,30+,31-,32-,33-,34-/m0/s1. The predicted molar refractivity (Wildman–Crippen MR) is 212 cm³/mol. The topological polar surface area (TPSA) is 198 Å². The van der Waals surface area contributed by atoms with Crippen LogP contribution < -0.4 is 32.3 Å². The van der Waals surface area contributed by atoms with Crippen LogP contribution in [0.3, 0.4) is 0 Å². The molecular formula is C41H70N6O7. The van der Waals surface area contributed by atoms with E-state index in [-0.39, 0.29) is 47.4 Å². The SMILES string of the molecule is CC(C)C[C@@H](CC[C@@H](Cc1ccccc1)C(=O)N[C@H](C(=O)N[C@H](C(N)=O)C(C)C)C(C)C)NC(=O)[C@@H](NC(=O)[C@@H](NC(=O)OC(C)(C)C)C(C)C)C(C)C. The van der Waals surface area contributed by atoms with Crippen molar-refractivity contribution < 1.29 is 33.5 Å². The number of primary amides is 1. The lowest BCUT2D eigenvalue weighted by Crippen LogP contribution is -2.58. The molecule has 6 atom stereocenters. The molecule has 0 spiro atoms. The molecule has 7 N–H and O–H groups in total. The van der Waals surface area contributed by atoms with Crippen molar-refractivity contribution in [1.82, 2.24) is 26.6 Å². The van der Waals surface area contributed by atoms with E-state index in [1.807, 2.05) is 71.9 Å². The first-order valence-electron chi connectivity index (χ1n) is 19.5. The summed E-state index contributed by atoms with van der Waals surface area (Å²) in [5.41, 5.74) is 5.74. The summed E-state index contributed by atoms with van der Waals surface area (Å²) in [6, 6.07) is 5.66. The van der Waals surface area contributed by atoms with E-state index >= 15 is 0 Å². The van der Waals surface area contributed by atoms with E-state index in [0.717, 1.165) is 5.56 Å². The Labute approximate surface area is 323 Å². The number of ether oxygens (including phenoxy) is 1. The number of nitrogens with two attached hydrogens (primary N) is 1. The van der Waals surface area contributed by atoms with E-state index in [4.69, 9.17) is 10.5 Å². The minimum absolute atomic E-state index is 0.209. The zero-order valence-electron chi connectivity index (χ0n) is 35.0. The molecule has 1 aromatic carbocycles. The first-order chi connectivity index (χ1) is 24.9. The molecule has 0 heterocycles. The molecule has 306 valence electrons. The Kier molecular flexibility index (Phi) is 19.7. The molecule has 0 unspecified atom stereocenters. The molecular weight excluding hydrogens is 688 g/mol. The van der Waals surface area contributed by atoms with Gasteiger partial charge in [-0.3, -0.25) is 24.0 Å². The lowest BCUT2D eigenvalue weighted by Gasteiger charge is -2.30. The number of nitrogens with one attached hydrogen (secondary N) is 5. The molecule has 54 heavy (non-hydrogen) atoms. The van der Waals surface area contributed by atoms with Crippen molar-refractivity contribution in [1.29, 1.82) is 0 Å². The van der Waals surface area contributed by atoms with Crippen molar-refractivity contribution in [2.45, 2.75) is 152 Å². The molecule has 0 saturated heterocycles. The van der Waals surface area contributed by atoms with Gasteiger partial charge in [-0.05, 0) is 81.6 Å². The molecule has 13 heteroatoms. The van der Waals surface area contributed by atoms with Crippen LogP contribution in [-0.2, 0) is 35.1 Å². The maximum absolute atomic E-state index is 14.0. The van der Waals surface area contributed by atoms with Gasteiger partial charge in [0.2, 0.25) is 29.5 Å². The zero-order valence-corrected chi connectivity index (χ0v) is 35.0. The van der Waals surface area contributed by atoms with Crippen LogP contribution in [0.2, 0.25) is 0 Å². The van der Waals surface area contributed by atoms with E-state index < -0.39 is 59.5 Å². The number of hydrogen-bond donors (Lipinski definition) is 6. The number of carbonyl (C=O) groups is 6. The monoisotopic (exact) mass is 759 g/mol. The highest BCUT2D eigenvalue weighted by Gasteiger charge is 2.34. The van der Waals surface area contributed by atoms with Gasteiger partial charge in [0.05, 0.1) is 0 Å². The second-order valence-electron chi connectivity index (χ2n) is 17.3. The molecule has 0 fully saturated rings. The van der Waals surface area contributed by atoms with E-state index in [2.05, 4.69) is 26.6 Å². The van der Waals surface area contributed by atoms with Crippen molar-refractivity contribution in [2.24, 2.45) is 41.2 Å². The molecule has 0 radical (unpaired) electrons. The number of alkyl carbamates (subject to hydrolysis) is 1. The maximum Gasteiger partial charge on any atom is 0.408 e. The Morgan fingerprint density at radius 1 is 0.593 bits per heavy atom. The van der Waals surface area contributed by atoms with Crippen LogP contribution in [0.5, 0.6) is 0 Å². The average Bonchev–Trinajstić information content (AvgIpc) is 3.03. The van der Waals surface area contributed by atoms with Crippen LogP contribution in [0.1, 0.15) is 115 Å². The maximum atomic E-state index is 14.0. The molecule has 0 aliphatic carbocycles. The van der Waals surface area contributed by atoms with Gasteiger partial charge < -0.3 is 37.1 Å². The Morgan fingerprint density at radius 3 is 1.44 bits per heavy atom. The number of rotatable bonds is 21. The van der Waals surface area contributed by atoms with Gasteiger partial charge in [-0.15, -0.1) is 0 Å². The van der Waals surface area contributed by atoms with Crippen molar-refractivity contribution in [2.75, 3.05) is 0 Å². The van der Waals surface area contributed by atoms with Gasteiger partial charge in [-0.2, -0.15) is 0 Å². The molecule has 0 aliphatic rings. The lowest BCUT2D eigenvalue weighted by molar-refractivity contribution is -0.134. The quantitative estimate of drug-likeness (QED) is 0.105. The number of amides is 6. The van der Waals surface area contributed by atoms with Crippen molar-refractivity contribution >= 4 is 35.6 Å². The summed E-state index contributed by atoms with van der Waals surface area (Å²) in [6.45, 7) is 23.8. The fraction of sp³-hybridized carbons (Fsp3) is 0.707. The van der Waals surface area contributed by atoms with Gasteiger partial charge >= 0.3 is 6.09 Å². The third kappa shape index (κ3) is 17.3. The predicted octanol–water partition coefficient (Wildman–Crippen LogP) is 4.61. The minimum atomic E-state index is -0.929. The van der Waals surface area contributed by atoms with Crippen LogP contribution in [0.15, 0.2) is 30.3 Å². The molecule has 1 aromatic rings. The van der Waals surface area contributed by atoms with Crippen molar-refractivity contribution in [3.05, 3.63) is 35.9 Å². The average molecular weight is 759 g/mol. The lowest BCUT2D eigenvalue weighted by atomic mass is 9.89. The summed E-state index contributed by atoms with van der Waals surface area (Å²) in [5, 5.41) is 14.3. The number of benzene rings is 1. The molecule has 0 saturated carbocycles. The zero-order chi connectivity index (χ0) is 41.5. The summed E-state index contributed by atoms with van der Waals surface area (Å²) in [4.78, 5) is 79.3. The highest BCUT2D eigenvalue weighted by Crippen LogP contribution is 2.21. The molecule has 0 bridgehead atoms. The third-order valence-corrected chi connectivity index (χ3v) is 9.05. The van der Waals surface area contributed by atoms with Crippen molar-refractivity contribution in [3.63, 3.8) is 0 Å². The second-order valence-corrected chi connectivity index (χ2v) is 17.3. The van der Waals surface area contributed by atoms with Crippen LogP contribution in [0.4, 0.5) is 4.79 Å². The summed E-state index contributed by atoms with van der Waals surface area (Å²) < 4.78 is 5.36. The summed E-state index contributed by atoms with van der Waals surface area (Å²) in [6.07, 6.45) is 1.16. The van der Waals surface area contributed by atoms with E-state index in [1.54, 1.807) is 48.5 Å². The van der Waals surface area contributed by atoms with E-state index in [9.17, 15) is 28.8 Å². The fourth-order valence-corrected chi connectivity index (χ4v) is 6.10. The Balaban J connectivity index is 3.27. The Bertz CT molecular complexity index is 1370. The van der Waals surface area contributed by atoms with Gasteiger partial charge in [0.15, 0.2) is 0 Å². The second kappa shape index (κ2) is 22.3. The van der Waals surface area contributed by atoms with Crippen LogP contribution in [-0.4, -0.2) is 71.4 Å². The fourth-order valence-electron chi connectivity index (χ4n) is 6.10. The number of carbonyl (C=O) groups excluding carboxylic acids is 6.